The van der Waals surface area contributed by atoms with Crippen molar-refractivity contribution in [2.75, 3.05) is 39.3 Å². The summed E-state index contributed by atoms with van der Waals surface area (Å²) in [6, 6.07) is 4.64. The van der Waals surface area contributed by atoms with Crippen molar-refractivity contribution in [3.05, 3.63) is 34.9 Å². The highest BCUT2D eigenvalue weighted by molar-refractivity contribution is 6.22. The topological polar surface area (TPSA) is 116 Å². The summed E-state index contributed by atoms with van der Waals surface area (Å²) in [7, 11) is 0. The Hall–Kier alpha value is -3.43. The standard InChI is InChI=1S/C26H36N4O6/c1-17(2)16-30-23(33)19-8-7-18(15-20(19)24(30)34)22(32)29-12-6-11-28(13-14-29)21(31)9-10-27-25(35)36-26(3,4)5/h7-8,15,17H,6,9-14,16H2,1-5H3,(H,27,35). The van der Waals surface area contributed by atoms with Gasteiger partial charge in [0, 0.05) is 51.3 Å². The van der Waals surface area contributed by atoms with Gasteiger partial charge in [0.15, 0.2) is 0 Å². The van der Waals surface area contributed by atoms with E-state index < -0.39 is 11.7 Å². The Bertz CT molecular complexity index is 1050. The van der Waals surface area contributed by atoms with E-state index >= 15 is 0 Å². The summed E-state index contributed by atoms with van der Waals surface area (Å²) in [6.07, 6.45) is 0.187. The summed E-state index contributed by atoms with van der Waals surface area (Å²) in [5.74, 6) is -0.892. The maximum atomic E-state index is 13.2. The number of nitrogens with zero attached hydrogens (tertiary/aromatic N) is 3. The summed E-state index contributed by atoms with van der Waals surface area (Å²) >= 11 is 0. The van der Waals surface area contributed by atoms with Crippen molar-refractivity contribution in [1.82, 2.24) is 20.0 Å². The van der Waals surface area contributed by atoms with Gasteiger partial charge in [-0.2, -0.15) is 0 Å². The average molecular weight is 501 g/mol. The van der Waals surface area contributed by atoms with Crippen LogP contribution in [0.5, 0.6) is 0 Å². The first-order valence-corrected chi connectivity index (χ1v) is 12.4. The largest absolute Gasteiger partial charge is 0.444 e. The Labute approximate surface area is 211 Å². The number of hydrogen-bond acceptors (Lipinski definition) is 6. The molecule has 0 saturated carbocycles. The van der Waals surface area contributed by atoms with E-state index in [1.165, 1.54) is 11.0 Å². The van der Waals surface area contributed by atoms with Gasteiger partial charge in [0.25, 0.3) is 17.7 Å². The summed E-state index contributed by atoms with van der Waals surface area (Å²) in [6.45, 7) is 11.4. The number of imide groups is 1. The Kier molecular flexibility index (Phi) is 8.37. The van der Waals surface area contributed by atoms with Gasteiger partial charge in [0.1, 0.15) is 5.60 Å². The third kappa shape index (κ3) is 6.61. The highest BCUT2D eigenvalue weighted by atomic mass is 16.6. The molecule has 3 rings (SSSR count). The van der Waals surface area contributed by atoms with Gasteiger partial charge in [0.05, 0.1) is 11.1 Å². The summed E-state index contributed by atoms with van der Waals surface area (Å²) in [5, 5.41) is 2.59. The third-order valence-corrected chi connectivity index (χ3v) is 5.91. The van der Waals surface area contributed by atoms with Crippen molar-refractivity contribution in [1.29, 1.82) is 0 Å². The Morgan fingerprint density at radius 2 is 1.61 bits per heavy atom. The fraction of sp³-hybridized carbons (Fsp3) is 0.577. The molecule has 5 amide bonds. The molecule has 2 aliphatic heterocycles. The van der Waals surface area contributed by atoms with Crippen LogP contribution in [-0.4, -0.2) is 89.3 Å². The Balaban J connectivity index is 1.56. The molecule has 0 radical (unpaired) electrons. The van der Waals surface area contributed by atoms with Gasteiger partial charge < -0.3 is 19.9 Å². The summed E-state index contributed by atoms with van der Waals surface area (Å²) < 4.78 is 5.17. The minimum atomic E-state index is -0.607. The fourth-order valence-electron chi connectivity index (χ4n) is 4.25. The average Bonchev–Trinajstić information content (AvgIpc) is 2.96. The zero-order chi connectivity index (χ0) is 26.6. The maximum absolute atomic E-state index is 13.2. The van der Waals surface area contributed by atoms with E-state index in [0.29, 0.717) is 50.3 Å². The molecule has 0 unspecified atom stereocenters. The highest BCUT2D eigenvalue weighted by Crippen LogP contribution is 2.25. The van der Waals surface area contributed by atoms with Crippen molar-refractivity contribution in [2.24, 2.45) is 5.92 Å². The van der Waals surface area contributed by atoms with E-state index in [1.807, 2.05) is 13.8 Å². The number of rotatable bonds is 6. The van der Waals surface area contributed by atoms with E-state index in [9.17, 15) is 24.0 Å². The van der Waals surface area contributed by atoms with Crippen LogP contribution in [0.4, 0.5) is 4.79 Å². The van der Waals surface area contributed by atoms with E-state index in [0.717, 1.165) is 0 Å². The molecule has 0 aliphatic carbocycles. The van der Waals surface area contributed by atoms with Gasteiger partial charge in [-0.3, -0.25) is 24.1 Å². The van der Waals surface area contributed by atoms with Gasteiger partial charge >= 0.3 is 6.09 Å². The number of ether oxygens (including phenoxy) is 1. The summed E-state index contributed by atoms with van der Waals surface area (Å²) in [5.41, 5.74) is 0.326. The minimum Gasteiger partial charge on any atom is -0.444 e. The quantitative estimate of drug-likeness (QED) is 0.600. The number of fused-ring (bicyclic) bond motifs is 1. The molecule has 0 aromatic heterocycles. The van der Waals surface area contributed by atoms with Gasteiger partial charge in [-0.1, -0.05) is 13.8 Å². The van der Waals surface area contributed by atoms with E-state index in [2.05, 4.69) is 5.32 Å². The second kappa shape index (κ2) is 11.1. The molecule has 36 heavy (non-hydrogen) atoms. The lowest BCUT2D eigenvalue weighted by molar-refractivity contribution is -0.130. The summed E-state index contributed by atoms with van der Waals surface area (Å²) in [4.78, 5) is 67.5. The Morgan fingerprint density at radius 1 is 0.972 bits per heavy atom. The predicted molar refractivity (Wildman–Crippen MR) is 133 cm³/mol. The van der Waals surface area contributed by atoms with Crippen LogP contribution in [0.15, 0.2) is 18.2 Å². The number of carbonyl (C=O) groups excluding carboxylic acids is 5. The van der Waals surface area contributed by atoms with Crippen molar-refractivity contribution >= 4 is 29.7 Å². The van der Waals surface area contributed by atoms with Crippen LogP contribution < -0.4 is 5.32 Å². The number of benzene rings is 1. The molecule has 0 atom stereocenters. The number of hydrogen-bond donors (Lipinski definition) is 1. The molecule has 0 bridgehead atoms. The lowest BCUT2D eigenvalue weighted by Crippen LogP contribution is -2.39. The fourth-order valence-corrected chi connectivity index (χ4v) is 4.25. The molecule has 1 saturated heterocycles. The second-order valence-electron chi connectivity index (χ2n) is 10.6. The predicted octanol–water partition coefficient (Wildman–Crippen LogP) is 2.53. The molecule has 1 aromatic rings. The normalized spacial score (nSPS) is 16.2. The molecular formula is C26H36N4O6. The van der Waals surface area contributed by atoms with Crippen molar-refractivity contribution in [2.45, 2.75) is 53.1 Å². The van der Waals surface area contributed by atoms with E-state index in [4.69, 9.17) is 4.74 Å². The van der Waals surface area contributed by atoms with Crippen molar-refractivity contribution in [3.63, 3.8) is 0 Å². The van der Waals surface area contributed by atoms with Crippen LogP contribution in [0.2, 0.25) is 0 Å². The molecule has 10 heteroatoms. The van der Waals surface area contributed by atoms with E-state index in [-0.39, 0.29) is 48.1 Å². The maximum Gasteiger partial charge on any atom is 0.407 e. The lowest BCUT2D eigenvalue weighted by Gasteiger charge is -2.23. The molecular weight excluding hydrogens is 464 g/mol. The SMILES string of the molecule is CC(C)CN1C(=O)c2ccc(C(=O)N3CCCN(C(=O)CCNC(=O)OC(C)(C)C)CC3)cc2C1=O. The molecule has 1 aromatic carbocycles. The van der Waals surface area contributed by atoms with Gasteiger partial charge in [-0.05, 0) is 51.3 Å². The van der Waals surface area contributed by atoms with Crippen LogP contribution in [0.25, 0.3) is 0 Å². The van der Waals surface area contributed by atoms with Crippen molar-refractivity contribution < 1.29 is 28.7 Å². The number of alkyl carbamates (subject to hydrolysis) is 1. The first kappa shape index (κ1) is 27.2. The zero-order valence-electron chi connectivity index (χ0n) is 21.8. The first-order valence-electron chi connectivity index (χ1n) is 12.4. The molecule has 196 valence electrons. The van der Waals surface area contributed by atoms with Gasteiger partial charge in [-0.25, -0.2) is 4.79 Å². The van der Waals surface area contributed by atoms with E-state index in [1.54, 1.807) is 42.7 Å². The minimum absolute atomic E-state index is 0.104. The molecule has 2 heterocycles. The molecule has 1 fully saturated rings. The second-order valence-corrected chi connectivity index (χ2v) is 10.6. The molecule has 10 nitrogen and oxygen atoms in total. The number of nitrogens with one attached hydrogen (secondary N) is 1. The van der Waals surface area contributed by atoms with Crippen LogP contribution >= 0.6 is 0 Å². The van der Waals surface area contributed by atoms with Crippen molar-refractivity contribution in [3.8, 4) is 0 Å². The monoisotopic (exact) mass is 500 g/mol. The van der Waals surface area contributed by atoms with Crippen LogP contribution in [-0.2, 0) is 9.53 Å². The van der Waals surface area contributed by atoms with Crippen LogP contribution in [0, 0.1) is 5.92 Å². The number of amides is 5. The van der Waals surface area contributed by atoms with Gasteiger partial charge in [0.2, 0.25) is 5.91 Å². The third-order valence-electron chi connectivity index (χ3n) is 5.91. The Morgan fingerprint density at radius 3 is 2.28 bits per heavy atom. The van der Waals surface area contributed by atoms with Crippen LogP contribution in [0.3, 0.4) is 0 Å². The lowest BCUT2D eigenvalue weighted by atomic mass is 10.0. The number of carbonyl (C=O) groups is 5. The smallest absolute Gasteiger partial charge is 0.407 e. The molecule has 0 spiro atoms. The highest BCUT2D eigenvalue weighted by Gasteiger charge is 2.36. The molecule has 1 N–H and O–H groups in total. The molecule has 2 aliphatic rings. The zero-order valence-corrected chi connectivity index (χ0v) is 21.8. The van der Waals surface area contributed by atoms with Gasteiger partial charge in [-0.15, -0.1) is 0 Å². The van der Waals surface area contributed by atoms with Crippen LogP contribution in [0.1, 0.15) is 78.5 Å². The first-order chi connectivity index (χ1) is 16.9.